The number of carboxylic acids is 1. The van der Waals surface area contributed by atoms with Crippen LogP contribution in [0.15, 0.2) is 0 Å². The molecule has 1 saturated heterocycles. The van der Waals surface area contributed by atoms with Crippen molar-refractivity contribution in [2.45, 2.75) is 57.9 Å². The van der Waals surface area contributed by atoms with E-state index in [9.17, 15) is 14.7 Å². The minimum atomic E-state index is -1.10. The van der Waals surface area contributed by atoms with Crippen molar-refractivity contribution in [2.75, 3.05) is 13.1 Å². The van der Waals surface area contributed by atoms with Crippen molar-refractivity contribution in [1.82, 2.24) is 10.2 Å². The van der Waals surface area contributed by atoms with Crippen molar-refractivity contribution in [1.29, 1.82) is 0 Å². The molecule has 2 rings (SSSR count). The predicted octanol–water partition coefficient (Wildman–Crippen LogP) is 2.46. The van der Waals surface area contributed by atoms with Gasteiger partial charge >= 0.3 is 12.0 Å². The Hall–Kier alpha value is -1.26. The first-order valence-electron chi connectivity index (χ1n) is 7.77. The quantitative estimate of drug-likeness (QED) is 0.813. The maximum Gasteiger partial charge on any atom is 0.329 e. The van der Waals surface area contributed by atoms with Crippen LogP contribution in [0.2, 0.25) is 0 Å². The summed E-state index contributed by atoms with van der Waals surface area (Å²) in [5.74, 6) is -0.117. The van der Waals surface area contributed by atoms with Gasteiger partial charge in [-0.15, -0.1) is 0 Å². The van der Waals surface area contributed by atoms with E-state index in [2.05, 4.69) is 12.2 Å². The number of urea groups is 1. The maximum absolute atomic E-state index is 12.3. The number of rotatable bonds is 5. The summed E-state index contributed by atoms with van der Waals surface area (Å²) in [6, 6.07) is -0.211. The lowest BCUT2D eigenvalue weighted by Gasteiger charge is -2.35. The van der Waals surface area contributed by atoms with Gasteiger partial charge in [-0.25, -0.2) is 9.59 Å². The van der Waals surface area contributed by atoms with Crippen LogP contribution >= 0.6 is 0 Å². The summed E-state index contributed by atoms with van der Waals surface area (Å²) >= 11 is 0. The summed E-state index contributed by atoms with van der Waals surface area (Å²) in [6.45, 7) is 5.31. The molecule has 1 saturated carbocycles. The van der Waals surface area contributed by atoms with Crippen molar-refractivity contribution in [3.05, 3.63) is 0 Å². The zero-order chi connectivity index (χ0) is 14.8. The number of carbonyl (C=O) groups excluding carboxylic acids is 1. The molecule has 5 heteroatoms. The Bertz CT molecular complexity index is 373. The third kappa shape index (κ3) is 3.25. The number of aliphatic carboxylic acids is 1. The smallest absolute Gasteiger partial charge is 0.329 e. The van der Waals surface area contributed by atoms with Crippen molar-refractivity contribution < 1.29 is 14.7 Å². The van der Waals surface area contributed by atoms with Gasteiger partial charge in [0.1, 0.15) is 5.54 Å². The molecule has 5 nitrogen and oxygen atoms in total. The number of hydrogen-bond donors (Lipinski definition) is 2. The van der Waals surface area contributed by atoms with Crippen LogP contribution in [0.4, 0.5) is 4.79 Å². The number of piperidine rings is 1. The summed E-state index contributed by atoms with van der Waals surface area (Å²) < 4.78 is 0. The standard InChI is InChI=1S/C15H26N2O3/c1-3-4-11-7-9-17(10-8-11)14(20)16-15(2,13(18)19)12-5-6-12/h11-12H,3-10H2,1-2H3,(H,16,20)(H,18,19). The summed E-state index contributed by atoms with van der Waals surface area (Å²) in [6.07, 6.45) is 6.27. The Kier molecular flexibility index (Phi) is 4.55. The van der Waals surface area contributed by atoms with Gasteiger partial charge in [-0.3, -0.25) is 0 Å². The first-order chi connectivity index (χ1) is 9.47. The Morgan fingerprint density at radius 2 is 1.85 bits per heavy atom. The molecule has 2 aliphatic rings. The summed E-state index contributed by atoms with van der Waals surface area (Å²) in [5.41, 5.74) is -1.10. The fourth-order valence-corrected chi connectivity index (χ4v) is 3.13. The molecule has 1 atom stereocenters. The van der Waals surface area contributed by atoms with Gasteiger partial charge in [0.2, 0.25) is 0 Å². The molecule has 1 aliphatic carbocycles. The number of carbonyl (C=O) groups is 2. The average molecular weight is 282 g/mol. The van der Waals surface area contributed by atoms with E-state index in [4.69, 9.17) is 0 Å². The highest BCUT2D eigenvalue weighted by atomic mass is 16.4. The normalized spacial score (nSPS) is 23.2. The second-order valence-electron chi connectivity index (χ2n) is 6.43. The Morgan fingerprint density at radius 1 is 1.25 bits per heavy atom. The molecule has 2 fully saturated rings. The first kappa shape index (κ1) is 15.1. The van der Waals surface area contributed by atoms with E-state index in [1.54, 1.807) is 11.8 Å². The monoisotopic (exact) mass is 282 g/mol. The minimum absolute atomic E-state index is 0.0848. The molecule has 20 heavy (non-hydrogen) atoms. The lowest BCUT2D eigenvalue weighted by molar-refractivity contribution is -0.144. The molecule has 0 aromatic heterocycles. The highest BCUT2D eigenvalue weighted by molar-refractivity contribution is 5.86. The lowest BCUT2D eigenvalue weighted by Crippen LogP contribution is -2.58. The van der Waals surface area contributed by atoms with E-state index in [1.165, 1.54) is 12.8 Å². The molecule has 1 unspecified atom stereocenters. The number of hydrogen-bond acceptors (Lipinski definition) is 2. The molecule has 0 aromatic carbocycles. The van der Waals surface area contributed by atoms with Crippen LogP contribution < -0.4 is 5.32 Å². The van der Waals surface area contributed by atoms with Gasteiger partial charge in [-0.05, 0) is 44.4 Å². The molecule has 0 bridgehead atoms. The van der Waals surface area contributed by atoms with E-state index in [0.717, 1.165) is 44.7 Å². The SMILES string of the molecule is CCCC1CCN(C(=O)NC(C)(C(=O)O)C2CC2)CC1. The Labute approximate surface area is 120 Å². The minimum Gasteiger partial charge on any atom is -0.480 e. The topological polar surface area (TPSA) is 69.6 Å². The zero-order valence-electron chi connectivity index (χ0n) is 12.5. The number of carboxylic acid groups (broad SMARTS) is 1. The number of amides is 2. The molecule has 0 aromatic rings. The summed E-state index contributed by atoms with van der Waals surface area (Å²) in [7, 11) is 0. The first-order valence-corrected chi connectivity index (χ1v) is 7.77. The second-order valence-corrected chi connectivity index (χ2v) is 6.43. The van der Waals surface area contributed by atoms with Crippen molar-refractivity contribution in [3.8, 4) is 0 Å². The number of nitrogens with one attached hydrogen (secondary N) is 1. The fraction of sp³-hybridized carbons (Fsp3) is 0.867. The lowest BCUT2D eigenvalue weighted by atomic mass is 9.92. The molecule has 0 radical (unpaired) electrons. The molecular weight excluding hydrogens is 256 g/mol. The molecule has 1 aliphatic heterocycles. The third-order valence-electron chi connectivity index (χ3n) is 4.80. The van der Waals surface area contributed by atoms with Gasteiger partial charge in [-0.2, -0.15) is 0 Å². The zero-order valence-corrected chi connectivity index (χ0v) is 12.5. The van der Waals surface area contributed by atoms with Gasteiger partial charge < -0.3 is 15.3 Å². The molecular formula is C15H26N2O3. The number of nitrogens with zero attached hydrogens (tertiary/aromatic N) is 1. The molecule has 2 amide bonds. The summed E-state index contributed by atoms with van der Waals surface area (Å²) in [5, 5.41) is 12.1. The second kappa shape index (κ2) is 6.02. The van der Waals surface area contributed by atoms with E-state index >= 15 is 0 Å². The van der Waals surface area contributed by atoms with Gasteiger partial charge in [-0.1, -0.05) is 19.8 Å². The van der Waals surface area contributed by atoms with Crippen LogP contribution in [0.3, 0.4) is 0 Å². The van der Waals surface area contributed by atoms with Gasteiger partial charge in [0.05, 0.1) is 0 Å². The van der Waals surface area contributed by atoms with Crippen LogP contribution in [-0.2, 0) is 4.79 Å². The highest BCUT2D eigenvalue weighted by Gasteiger charge is 2.49. The summed E-state index contributed by atoms with van der Waals surface area (Å²) in [4.78, 5) is 25.5. The van der Waals surface area contributed by atoms with Crippen molar-refractivity contribution >= 4 is 12.0 Å². The maximum atomic E-state index is 12.3. The van der Waals surface area contributed by atoms with E-state index in [0.29, 0.717) is 0 Å². The van der Waals surface area contributed by atoms with Crippen LogP contribution in [-0.4, -0.2) is 40.6 Å². The highest BCUT2D eigenvalue weighted by Crippen LogP contribution is 2.39. The van der Waals surface area contributed by atoms with Crippen LogP contribution in [0, 0.1) is 11.8 Å². The van der Waals surface area contributed by atoms with Crippen molar-refractivity contribution in [2.24, 2.45) is 11.8 Å². The molecule has 0 spiro atoms. The number of likely N-dealkylation sites (tertiary alicyclic amines) is 1. The average Bonchev–Trinajstić information content (AvgIpc) is 3.24. The predicted molar refractivity (Wildman–Crippen MR) is 76.5 cm³/mol. The van der Waals surface area contributed by atoms with Crippen LogP contribution in [0.5, 0.6) is 0 Å². The van der Waals surface area contributed by atoms with E-state index in [1.807, 2.05) is 0 Å². The van der Waals surface area contributed by atoms with Gasteiger partial charge in [0.25, 0.3) is 0 Å². The molecule has 2 N–H and O–H groups in total. The van der Waals surface area contributed by atoms with Gasteiger partial charge in [0.15, 0.2) is 0 Å². The van der Waals surface area contributed by atoms with Crippen LogP contribution in [0.25, 0.3) is 0 Å². The molecule has 1 heterocycles. The largest absolute Gasteiger partial charge is 0.480 e. The van der Waals surface area contributed by atoms with Crippen LogP contribution in [0.1, 0.15) is 52.4 Å². The fourth-order valence-electron chi connectivity index (χ4n) is 3.13. The van der Waals surface area contributed by atoms with Crippen molar-refractivity contribution in [3.63, 3.8) is 0 Å². The van der Waals surface area contributed by atoms with Gasteiger partial charge in [0, 0.05) is 13.1 Å². The Morgan fingerprint density at radius 3 is 2.30 bits per heavy atom. The Balaban J connectivity index is 1.87. The van der Waals surface area contributed by atoms with E-state index < -0.39 is 11.5 Å². The van der Waals surface area contributed by atoms with E-state index in [-0.39, 0.29) is 11.9 Å². The third-order valence-corrected chi connectivity index (χ3v) is 4.80. The molecule has 114 valence electrons.